The summed E-state index contributed by atoms with van der Waals surface area (Å²) < 4.78 is 5.09. The summed E-state index contributed by atoms with van der Waals surface area (Å²) in [4.78, 5) is 30.3. The summed E-state index contributed by atoms with van der Waals surface area (Å²) in [6.45, 7) is 0.252. The molecule has 0 saturated heterocycles. The number of fused-ring (bicyclic) bond motifs is 2. The van der Waals surface area contributed by atoms with Gasteiger partial charge in [-0.1, -0.05) is 23.9 Å². The largest absolute Gasteiger partial charge is 0.447 e. The number of nitrogens with zero attached hydrogens (tertiary/aromatic N) is 1. The van der Waals surface area contributed by atoms with Gasteiger partial charge in [0.25, 0.3) is 11.8 Å². The fraction of sp³-hybridized carbons (Fsp3) is 0.0556. The molecule has 1 aliphatic rings. The monoisotopic (exact) mass is 351 g/mol. The van der Waals surface area contributed by atoms with Gasteiger partial charge < -0.3 is 15.1 Å². The molecule has 2 N–H and O–H groups in total. The Bertz CT molecular complexity index is 954. The molecule has 0 unspecified atom stereocenters. The number of benzene rings is 2. The Morgan fingerprint density at radius 1 is 1.20 bits per heavy atom. The highest BCUT2D eigenvalue weighted by atomic mass is 32.2. The molecule has 1 aliphatic heterocycles. The Labute approximate surface area is 147 Å². The van der Waals surface area contributed by atoms with E-state index in [1.165, 1.54) is 18.2 Å². The van der Waals surface area contributed by atoms with Crippen LogP contribution in [-0.4, -0.2) is 16.8 Å². The number of oxazole rings is 1. The van der Waals surface area contributed by atoms with E-state index in [-0.39, 0.29) is 18.4 Å². The van der Waals surface area contributed by atoms with Gasteiger partial charge in [0.05, 0.1) is 24.0 Å². The Morgan fingerprint density at radius 2 is 2.08 bits per heavy atom. The van der Waals surface area contributed by atoms with Crippen molar-refractivity contribution in [3.63, 3.8) is 0 Å². The van der Waals surface area contributed by atoms with Gasteiger partial charge in [-0.3, -0.25) is 9.59 Å². The third-order valence-electron chi connectivity index (χ3n) is 3.75. The van der Waals surface area contributed by atoms with Crippen LogP contribution in [0.5, 0.6) is 0 Å². The van der Waals surface area contributed by atoms with Crippen LogP contribution in [0.1, 0.15) is 26.5 Å². The van der Waals surface area contributed by atoms with Gasteiger partial charge in [0.15, 0.2) is 6.39 Å². The number of carbonyl (C=O) groups is 2. The smallest absolute Gasteiger partial charge is 0.256 e. The average molecular weight is 351 g/mol. The van der Waals surface area contributed by atoms with Crippen molar-refractivity contribution in [3.05, 3.63) is 71.9 Å². The van der Waals surface area contributed by atoms with Crippen molar-refractivity contribution in [1.29, 1.82) is 0 Å². The van der Waals surface area contributed by atoms with Crippen molar-refractivity contribution >= 4 is 29.3 Å². The van der Waals surface area contributed by atoms with Gasteiger partial charge in [-0.25, -0.2) is 4.98 Å². The van der Waals surface area contributed by atoms with Crippen molar-refractivity contribution in [2.45, 2.75) is 16.3 Å². The summed E-state index contributed by atoms with van der Waals surface area (Å²) in [6.07, 6.45) is 2.86. The van der Waals surface area contributed by atoms with E-state index >= 15 is 0 Å². The first-order chi connectivity index (χ1) is 12.2. The Morgan fingerprint density at radius 3 is 2.92 bits per heavy atom. The summed E-state index contributed by atoms with van der Waals surface area (Å²) in [5, 5.41) is 5.64. The molecule has 0 radical (unpaired) electrons. The maximum Gasteiger partial charge on any atom is 0.256 e. The molecular formula is C18H13N3O3S. The van der Waals surface area contributed by atoms with E-state index in [0.29, 0.717) is 22.6 Å². The number of carbonyl (C=O) groups excluding carboxylic acids is 2. The van der Waals surface area contributed by atoms with Crippen molar-refractivity contribution in [3.8, 4) is 0 Å². The maximum absolute atomic E-state index is 12.4. The molecule has 0 bridgehead atoms. The highest BCUT2D eigenvalue weighted by Gasteiger charge is 2.20. The van der Waals surface area contributed by atoms with Gasteiger partial charge in [-0.2, -0.15) is 0 Å². The molecule has 1 aromatic heterocycles. The second-order valence-electron chi connectivity index (χ2n) is 5.41. The minimum Gasteiger partial charge on any atom is -0.447 e. The number of rotatable bonds is 3. The molecule has 7 heteroatoms. The van der Waals surface area contributed by atoms with Crippen LogP contribution in [0, 0.1) is 0 Å². The topological polar surface area (TPSA) is 84.2 Å². The van der Waals surface area contributed by atoms with E-state index in [4.69, 9.17) is 4.42 Å². The van der Waals surface area contributed by atoms with E-state index in [9.17, 15) is 9.59 Å². The molecule has 3 aromatic rings. The highest BCUT2D eigenvalue weighted by Crippen LogP contribution is 2.38. The quantitative estimate of drug-likeness (QED) is 0.756. The number of nitrogens with one attached hydrogen (secondary N) is 2. The number of aromatic nitrogens is 1. The summed E-state index contributed by atoms with van der Waals surface area (Å²) in [6, 6.07) is 12.7. The predicted molar refractivity (Wildman–Crippen MR) is 92.6 cm³/mol. The molecule has 4 rings (SSSR count). The minimum absolute atomic E-state index is 0.180. The van der Waals surface area contributed by atoms with Crippen LogP contribution in [0.2, 0.25) is 0 Å². The van der Waals surface area contributed by atoms with E-state index in [1.54, 1.807) is 24.4 Å². The molecule has 124 valence electrons. The average Bonchev–Trinajstić information content (AvgIpc) is 3.10. The van der Waals surface area contributed by atoms with Gasteiger partial charge in [0.2, 0.25) is 0 Å². The molecule has 0 fully saturated rings. The first-order valence-electron chi connectivity index (χ1n) is 7.58. The van der Waals surface area contributed by atoms with Crippen molar-refractivity contribution in [2.24, 2.45) is 0 Å². The van der Waals surface area contributed by atoms with E-state index in [1.807, 2.05) is 24.3 Å². The van der Waals surface area contributed by atoms with Gasteiger partial charge in [-0.15, -0.1) is 0 Å². The van der Waals surface area contributed by atoms with Crippen LogP contribution in [0.25, 0.3) is 0 Å². The maximum atomic E-state index is 12.4. The van der Waals surface area contributed by atoms with Crippen LogP contribution in [0.3, 0.4) is 0 Å². The molecule has 0 saturated carbocycles. The summed E-state index contributed by atoms with van der Waals surface area (Å²) in [7, 11) is 0. The van der Waals surface area contributed by atoms with E-state index in [2.05, 4.69) is 15.6 Å². The molecule has 0 atom stereocenters. The highest BCUT2D eigenvalue weighted by molar-refractivity contribution is 7.99. The lowest BCUT2D eigenvalue weighted by molar-refractivity contribution is 0.0946. The Hall–Kier alpha value is -3.06. The first-order valence-corrected chi connectivity index (χ1v) is 8.40. The molecule has 2 aromatic carbocycles. The Kier molecular flexibility index (Phi) is 3.99. The fourth-order valence-corrected chi connectivity index (χ4v) is 3.52. The van der Waals surface area contributed by atoms with Crippen molar-refractivity contribution in [1.82, 2.24) is 10.3 Å². The van der Waals surface area contributed by atoms with E-state index < -0.39 is 0 Å². The summed E-state index contributed by atoms with van der Waals surface area (Å²) in [5.74, 6) is 0.142. The molecule has 0 aliphatic carbocycles. The number of amides is 2. The molecule has 25 heavy (non-hydrogen) atoms. The normalized spacial score (nSPS) is 12.6. The molecule has 2 heterocycles. The van der Waals surface area contributed by atoms with Crippen LogP contribution >= 0.6 is 11.8 Å². The SMILES string of the molecule is O=C(NCc1cnco1)c1ccc2c(c1)NC(=O)c1ccccc1S2. The third-order valence-corrected chi connectivity index (χ3v) is 4.90. The minimum atomic E-state index is -0.250. The molecule has 0 spiro atoms. The van der Waals surface area contributed by atoms with Crippen molar-refractivity contribution < 1.29 is 14.0 Å². The lowest BCUT2D eigenvalue weighted by Crippen LogP contribution is -2.22. The predicted octanol–water partition coefficient (Wildman–Crippen LogP) is 3.32. The molecule has 6 nitrogen and oxygen atoms in total. The second-order valence-corrected chi connectivity index (χ2v) is 6.50. The van der Waals surface area contributed by atoms with Gasteiger partial charge in [-0.05, 0) is 30.3 Å². The molecule has 2 amide bonds. The van der Waals surface area contributed by atoms with Gasteiger partial charge >= 0.3 is 0 Å². The lowest BCUT2D eigenvalue weighted by Gasteiger charge is -2.09. The fourth-order valence-electron chi connectivity index (χ4n) is 2.51. The standard InChI is InChI=1S/C18H13N3O3S/c22-17(20-9-12-8-19-10-24-12)11-5-6-16-14(7-11)21-18(23)13-3-1-2-4-15(13)25-16/h1-8,10H,9H2,(H,20,22)(H,21,23). The Balaban J connectivity index is 1.57. The third kappa shape index (κ3) is 3.14. The summed E-state index contributed by atoms with van der Waals surface area (Å²) >= 11 is 1.50. The van der Waals surface area contributed by atoms with Gasteiger partial charge in [0, 0.05) is 15.4 Å². The van der Waals surface area contributed by atoms with Crippen LogP contribution in [-0.2, 0) is 6.54 Å². The van der Waals surface area contributed by atoms with Crippen LogP contribution in [0.15, 0.2) is 69.3 Å². The lowest BCUT2D eigenvalue weighted by atomic mass is 10.1. The van der Waals surface area contributed by atoms with E-state index in [0.717, 1.165) is 9.79 Å². The number of anilines is 1. The van der Waals surface area contributed by atoms with Gasteiger partial charge in [0.1, 0.15) is 5.76 Å². The zero-order valence-electron chi connectivity index (χ0n) is 13.0. The second kappa shape index (κ2) is 6.45. The summed E-state index contributed by atoms with van der Waals surface area (Å²) in [5.41, 5.74) is 1.71. The number of hydrogen-bond acceptors (Lipinski definition) is 5. The first kappa shape index (κ1) is 15.5. The van der Waals surface area contributed by atoms with Crippen molar-refractivity contribution in [2.75, 3.05) is 5.32 Å². The van der Waals surface area contributed by atoms with Crippen LogP contribution < -0.4 is 10.6 Å². The zero-order chi connectivity index (χ0) is 17.2. The number of hydrogen-bond donors (Lipinski definition) is 2. The zero-order valence-corrected chi connectivity index (χ0v) is 13.8. The van der Waals surface area contributed by atoms with Crippen LogP contribution in [0.4, 0.5) is 5.69 Å². The molecular weight excluding hydrogens is 338 g/mol.